The molecule has 0 amide bonds. The van der Waals surface area contributed by atoms with Crippen molar-refractivity contribution < 1.29 is 5.11 Å². The number of hydrogen-bond donors (Lipinski definition) is 2. The van der Waals surface area contributed by atoms with Crippen LogP contribution in [-0.4, -0.2) is 24.8 Å². The third kappa shape index (κ3) is 5.25. The Balaban J connectivity index is 1.63. The van der Waals surface area contributed by atoms with Gasteiger partial charge in [-0.3, -0.25) is 0 Å². The molecule has 2 aliphatic rings. The molecule has 0 aliphatic heterocycles. The molecule has 0 aromatic carbocycles. The standard InChI is InChI=1S/C19H37NO/c1-19(2,3)18-10-8-15(9-11-18)12-20-13-16-6-4-5-7-17(16)14-21/h15-18,20-21H,4-14H2,1-3H3. The summed E-state index contributed by atoms with van der Waals surface area (Å²) < 4.78 is 0. The maximum Gasteiger partial charge on any atom is 0.0462 e. The fourth-order valence-electron chi connectivity index (χ4n) is 4.50. The van der Waals surface area contributed by atoms with E-state index >= 15 is 0 Å². The van der Waals surface area contributed by atoms with Gasteiger partial charge in [-0.1, -0.05) is 33.6 Å². The molecule has 2 nitrogen and oxygen atoms in total. The van der Waals surface area contributed by atoms with Crippen LogP contribution < -0.4 is 5.32 Å². The highest BCUT2D eigenvalue weighted by Gasteiger charge is 2.30. The molecule has 2 atom stereocenters. The molecule has 21 heavy (non-hydrogen) atoms. The lowest BCUT2D eigenvalue weighted by molar-refractivity contribution is 0.127. The Morgan fingerprint density at radius 1 is 0.857 bits per heavy atom. The van der Waals surface area contributed by atoms with Gasteiger partial charge in [0.1, 0.15) is 0 Å². The second kappa shape index (κ2) is 7.97. The summed E-state index contributed by atoms with van der Waals surface area (Å²) in [6.45, 7) is 9.91. The summed E-state index contributed by atoms with van der Waals surface area (Å²) in [5, 5.41) is 13.2. The molecule has 0 spiro atoms. The second-order valence-corrected chi connectivity index (χ2v) is 8.73. The molecule has 2 rings (SSSR count). The summed E-state index contributed by atoms with van der Waals surface area (Å²) in [5.41, 5.74) is 0.495. The SMILES string of the molecule is CC(C)(C)C1CCC(CNCC2CCCCC2CO)CC1. The average molecular weight is 296 g/mol. The number of nitrogens with one attached hydrogen (secondary N) is 1. The van der Waals surface area contributed by atoms with Crippen molar-refractivity contribution in [1.82, 2.24) is 5.32 Å². The van der Waals surface area contributed by atoms with Gasteiger partial charge in [-0.15, -0.1) is 0 Å². The lowest BCUT2D eigenvalue weighted by atomic mass is 9.70. The molecular formula is C19H37NO. The van der Waals surface area contributed by atoms with Crippen LogP contribution in [0.1, 0.15) is 72.1 Å². The minimum Gasteiger partial charge on any atom is -0.396 e. The smallest absolute Gasteiger partial charge is 0.0462 e. The zero-order valence-corrected chi connectivity index (χ0v) is 14.5. The predicted molar refractivity (Wildman–Crippen MR) is 90.3 cm³/mol. The Morgan fingerprint density at radius 3 is 2.05 bits per heavy atom. The van der Waals surface area contributed by atoms with Crippen LogP contribution in [0.25, 0.3) is 0 Å². The second-order valence-electron chi connectivity index (χ2n) is 8.73. The van der Waals surface area contributed by atoms with Gasteiger partial charge in [-0.25, -0.2) is 0 Å². The van der Waals surface area contributed by atoms with Crippen LogP contribution in [0.4, 0.5) is 0 Å². The van der Waals surface area contributed by atoms with E-state index in [1.165, 1.54) is 57.9 Å². The van der Waals surface area contributed by atoms with Crippen molar-refractivity contribution in [3.63, 3.8) is 0 Å². The highest BCUT2D eigenvalue weighted by Crippen LogP contribution is 2.39. The molecule has 0 radical (unpaired) electrons. The van der Waals surface area contributed by atoms with Crippen LogP contribution in [0, 0.1) is 29.1 Å². The minimum atomic E-state index is 0.392. The maximum absolute atomic E-state index is 9.49. The monoisotopic (exact) mass is 295 g/mol. The molecular weight excluding hydrogens is 258 g/mol. The first-order valence-corrected chi connectivity index (χ1v) is 9.32. The van der Waals surface area contributed by atoms with E-state index in [-0.39, 0.29) is 0 Å². The Bertz CT molecular complexity index is 288. The van der Waals surface area contributed by atoms with Crippen LogP contribution >= 0.6 is 0 Å². The number of aliphatic hydroxyl groups is 1. The fraction of sp³-hybridized carbons (Fsp3) is 1.00. The summed E-state index contributed by atoms with van der Waals surface area (Å²) in [6, 6.07) is 0. The van der Waals surface area contributed by atoms with Crippen LogP contribution in [0.15, 0.2) is 0 Å². The molecule has 0 aromatic rings. The Labute approximate surface area is 132 Å². The van der Waals surface area contributed by atoms with Gasteiger partial charge in [0.15, 0.2) is 0 Å². The highest BCUT2D eigenvalue weighted by molar-refractivity contribution is 4.82. The first kappa shape index (κ1) is 17.3. The molecule has 0 aromatic heterocycles. The van der Waals surface area contributed by atoms with E-state index in [9.17, 15) is 5.11 Å². The van der Waals surface area contributed by atoms with E-state index in [4.69, 9.17) is 0 Å². The fourth-order valence-corrected chi connectivity index (χ4v) is 4.50. The third-order valence-corrected chi connectivity index (χ3v) is 6.21. The summed E-state index contributed by atoms with van der Waals surface area (Å²) in [5.74, 6) is 3.09. The van der Waals surface area contributed by atoms with Crippen molar-refractivity contribution in [2.24, 2.45) is 29.1 Å². The van der Waals surface area contributed by atoms with E-state index in [1.807, 2.05) is 0 Å². The van der Waals surface area contributed by atoms with Crippen molar-refractivity contribution in [3.8, 4) is 0 Å². The van der Waals surface area contributed by atoms with E-state index < -0.39 is 0 Å². The Kier molecular flexibility index (Phi) is 6.55. The quantitative estimate of drug-likeness (QED) is 0.795. The predicted octanol–water partition coefficient (Wildman–Crippen LogP) is 4.23. The largest absolute Gasteiger partial charge is 0.396 e. The molecule has 2 fully saturated rings. The molecule has 0 saturated heterocycles. The van der Waals surface area contributed by atoms with E-state index in [2.05, 4.69) is 26.1 Å². The Morgan fingerprint density at radius 2 is 1.48 bits per heavy atom. The first-order chi connectivity index (χ1) is 10.0. The highest BCUT2D eigenvalue weighted by atomic mass is 16.3. The van der Waals surface area contributed by atoms with Crippen molar-refractivity contribution in [2.45, 2.75) is 72.1 Å². The zero-order valence-electron chi connectivity index (χ0n) is 14.5. The van der Waals surface area contributed by atoms with Gasteiger partial charge in [0.05, 0.1) is 0 Å². The maximum atomic E-state index is 9.49. The van der Waals surface area contributed by atoms with Crippen LogP contribution in [0.5, 0.6) is 0 Å². The van der Waals surface area contributed by atoms with Gasteiger partial charge in [0.25, 0.3) is 0 Å². The van der Waals surface area contributed by atoms with Gasteiger partial charge < -0.3 is 10.4 Å². The minimum absolute atomic E-state index is 0.392. The van der Waals surface area contributed by atoms with E-state index in [1.54, 1.807) is 0 Å². The van der Waals surface area contributed by atoms with E-state index in [0.29, 0.717) is 17.9 Å². The number of aliphatic hydroxyl groups excluding tert-OH is 1. The molecule has 0 heterocycles. The van der Waals surface area contributed by atoms with Crippen molar-refractivity contribution in [3.05, 3.63) is 0 Å². The lowest BCUT2D eigenvalue weighted by Crippen LogP contribution is -2.36. The first-order valence-electron chi connectivity index (χ1n) is 9.32. The van der Waals surface area contributed by atoms with Crippen molar-refractivity contribution in [2.75, 3.05) is 19.7 Å². The summed E-state index contributed by atoms with van der Waals surface area (Å²) in [6.07, 6.45) is 10.9. The van der Waals surface area contributed by atoms with Gasteiger partial charge >= 0.3 is 0 Å². The molecule has 2 N–H and O–H groups in total. The lowest BCUT2D eigenvalue weighted by Gasteiger charge is -2.37. The van der Waals surface area contributed by atoms with Gasteiger partial charge in [0, 0.05) is 6.61 Å². The van der Waals surface area contributed by atoms with Gasteiger partial charge in [0.2, 0.25) is 0 Å². The average Bonchev–Trinajstić information content (AvgIpc) is 2.47. The van der Waals surface area contributed by atoms with Crippen LogP contribution in [0.3, 0.4) is 0 Å². The molecule has 2 saturated carbocycles. The van der Waals surface area contributed by atoms with E-state index in [0.717, 1.165) is 24.3 Å². The van der Waals surface area contributed by atoms with Crippen LogP contribution in [-0.2, 0) is 0 Å². The topological polar surface area (TPSA) is 32.3 Å². The summed E-state index contributed by atoms with van der Waals surface area (Å²) >= 11 is 0. The molecule has 2 heteroatoms. The summed E-state index contributed by atoms with van der Waals surface area (Å²) in [4.78, 5) is 0. The summed E-state index contributed by atoms with van der Waals surface area (Å²) in [7, 11) is 0. The molecule has 2 unspecified atom stereocenters. The van der Waals surface area contributed by atoms with Crippen molar-refractivity contribution >= 4 is 0 Å². The van der Waals surface area contributed by atoms with Gasteiger partial charge in [-0.05, 0) is 80.7 Å². The molecule has 2 aliphatic carbocycles. The Hall–Kier alpha value is -0.0800. The molecule has 0 bridgehead atoms. The van der Waals surface area contributed by atoms with Crippen molar-refractivity contribution in [1.29, 1.82) is 0 Å². The number of rotatable bonds is 5. The normalized spacial score (nSPS) is 34.9. The third-order valence-electron chi connectivity index (χ3n) is 6.21. The molecule has 124 valence electrons. The number of hydrogen-bond acceptors (Lipinski definition) is 2. The van der Waals surface area contributed by atoms with Crippen LogP contribution in [0.2, 0.25) is 0 Å². The van der Waals surface area contributed by atoms with Gasteiger partial charge in [-0.2, -0.15) is 0 Å². The zero-order chi connectivity index (χ0) is 15.3.